The van der Waals surface area contributed by atoms with Gasteiger partial charge in [-0.25, -0.2) is 0 Å². The molecule has 0 rings (SSSR count). The van der Waals surface area contributed by atoms with Crippen LogP contribution in [-0.2, 0) is 0 Å². The molecule has 56 valence electrons. The minimum atomic E-state index is -0.231. The molecule has 0 saturated heterocycles. The van der Waals surface area contributed by atoms with Gasteiger partial charge in [-0.05, 0) is 19.3 Å². The van der Waals surface area contributed by atoms with Crippen molar-refractivity contribution in [1.29, 1.82) is 0 Å². The molecule has 0 fully saturated rings. The molecule has 0 aromatic rings. The predicted octanol–water partition coefficient (Wildman–Crippen LogP) is 0.741. The van der Waals surface area contributed by atoms with Crippen LogP contribution in [0, 0.1) is 5.92 Å². The molecule has 0 aromatic heterocycles. The van der Waals surface area contributed by atoms with Crippen molar-refractivity contribution in [2.24, 2.45) is 11.7 Å². The number of aliphatic hydroxyl groups is 1. The molecule has 0 saturated carbocycles. The zero-order valence-electron chi connectivity index (χ0n) is 6.46. The SMILES string of the molecule is CC(N)CC(O)C(C)C. The van der Waals surface area contributed by atoms with E-state index in [1.807, 2.05) is 20.8 Å². The van der Waals surface area contributed by atoms with Crippen LogP contribution in [0.3, 0.4) is 0 Å². The van der Waals surface area contributed by atoms with Gasteiger partial charge in [0, 0.05) is 6.04 Å². The van der Waals surface area contributed by atoms with Crippen LogP contribution in [0.1, 0.15) is 27.2 Å². The van der Waals surface area contributed by atoms with E-state index in [1.54, 1.807) is 0 Å². The predicted molar refractivity (Wildman–Crippen MR) is 39.1 cm³/mol. The van der Waals surface area contributed by atoms with E-state index in [-0.39, 0.29) is 12.1 Å². The first kappa shape index (κ1) is 8.92. The highest BCUT2D eigenvalue weighted by Crippen LogP contribution is 2.06. The third-order valence-electron chi connectivity index (χ3n) is 1.38. The summed E-state index contributed by atoms with van der Waals surface area (Å²) in [6, 6.07) is 0.113. The Bertz CT molecular complexity index is 71.3. The maximum Gasteiger partial charge on any atom is 0.0577 e. The van der Waals surface area contributed by atoms with Crippen molar-refractivity contribution in [3.63, 3.8) is 0 Å². The van der Waals surface area contributed by atoms with Gasteiger partial charge >= 0.3 is 0 Å². The lowest BCUT2D eigenvalue weighted by Crippen LogP contribution is -2.26. The molecule has 2 heteroatoms. The summed E-state index contributed by atoms with van der Waals surface area (Å²) in [4.78, 5) is 0. The molecule has 9 heavy (non-hydrogen) atoms. The summed E-state index contributed by atoms with van der Waals surface area (Å²) in [5.74, 6) is 0.330. The molecule has 2 atom stereocenters. The van der Waals surface area contributed by atoms with Gasteiger partial charge < -0.3 is 10.8 Å². The number of hydrogen-bond donors (Lipinski definition) is 2. The van der Waals surface area contributed by atoms with Crippen LogP contribution >= 0.6 is 0 Å². The van der Waals surface area contributed by atoms with Gasteiger partial charge in [0.2, 0.25) is 0 Å². The van der Waals surface area contributed by atoms with Crippen LogP contribution in [-0.4, -0.2) is 17.3 Å². The molecular weight excluding hydrogens is 114 g/mol. The lowest BCUT2D eigenvalue weighted by molar-refractivity contribution is 0.110. The Balaban J connectivity index is 3.38. The van der Waals surface area contributed by atoms with Crippen molar-refractivity contribution in [3.05, 3.63) is 0 Å². The van der Waals surface area contributed by atoms with Crippen LogP contribution in [0.2, 0.25) is 0 Å². The van der Waals surface area contributed by atoms with Crippen LogP contribution in [0.15, 0.2) is 0 Å². The van der Waals surface area contributed by atoms with E-state index in [1.165, 1.54) is 0 Å². The largest absolute Gasteiger partial charge is 0.393 e. The van der Waals surface area contributed by atoms with E-state index >= 15 is 0 Å². The highest BCUT2D eigenvalue weighted by molar-refractivity contribution is 4.65. The molecule has 0 radical (unpaired) electrons. The van der Waals surface area contributed by atoms with Gasteiger partial charge in [0.15, 0.2) is 0 Å². The minimum Gasteiger partial charge on any atom is -0.393 e. The summed E-state index contributed by atoms with van der Waals surface area (Å²) < 4.78 is 0. The van der Waals surface area contributed by atoms with E-state index in [0.29, 0.717) is 12.3 Å². The molecule has 0 bridgehead atoms. The fourth-order valence-electron chi connectivity index (χ4n) is 0.653. The third kappa shape index (κ3) is 4.43. The molecule has 0 spiro atoms. The van der Waals surface area contributed by atoms with Crippen molar-refractivity contribution in [1.82, 2.24) is 0 Å². The van der Waals surface area contributed by atoms with E-state index in [0.717, 1.165) is 0 Å². The molecule has 0 aliphatic rings. The smallest absolute Gasteiger partial charge is 0.0577 e. The van der Waals surface area contributed by atoms with Crippen LogP contribution in [0.25, 0.3) is 0 Å². The van der Waals surface area contributed by atoms with Crippen molar-refractivity contribution >= 4 is 0 Å². The second kappa shape index (κ2) is 3.85. The normalized spacial score (nSPS) is 18.0. The van der Waals surface area contributed by atoms with Gasteiger partial charge in [0.1, 0.15) is 0 Å². The lowest BCUT2D eigenvalue weighted by Gasteiger charge is -2.15. The lowest BCUT2D eigenvalue weighted by atomic mass is 10.0. The number of aliphatic hydroxyl groups excluding tert-OH is 1. The molecule has 2 nitrogen and oxygen atoms in total. The molecule has 0 aliphatic heterocycles. The molecule has 0 heterocycles. The summed E-state index contributed by atoms with van der Waals surface area (Å²) in [5, 5.41) is 9.22. The van der Waals surface area contributed by atoms with Gasteiger partial charge in [0.05, 0.1) is 6.10 Å². The zero-order chi connectivity index (χ0) is 7.44. The zero-order valence-corrected chi connectivity index (χ0v) is 6.46. The van der Waals surface area contributed by atoms with E-state index < -0.39 is 0 Å². The quantitative estimate of drug-likeness (QED) is 0.593. The number of hydrogen-bond acceptors (Lipinski definition) is 2. The number of rotatable bonds is 3. The second-order valence-corrected chi connectivity index (χ2v) is 3.02. The van der Waals surface area contributed by atoms with E-state index in [4.69, 9.17) is 5.73 Å². The van der Waals surface area contributed by atoms with E-state index in [2.05, 4.69) is 0 Å². The molecule has 3 N–H and O–H groups in total. The summed E-state index contributed by atoms with van der Waals surface area (Å²) in [5.41, 5.74) is 5.47. The Morgan fingerprint density at radius 2 is 1.78 bits per heavy atom. The molecule has 0 amide bonds. The monoisotopic (exact) mass is 131 g/mol. The Morgan fingerprint density at radius 1 is 1.33 bits per heavy atom. The first-order valence-electron chi connectivity index (χ1n) is 3.47. The molecule has 0 aromatic carbocycles. The van der Waals surface area contributed by atoms with Crippen molar-refractivity contribution in [2.75, 3.05) is 0 Å². The maximum absolute atomic E-state index is 9.22. The van der Waals surface area contributed by atoms with Gasteiger partial charge in [-0.1, -0.05) is 13.8 Å². The summed E-state index contributed by atoms with van der Waals surface area (Å²) in [7, 11) is 0. The summed E-state index contributed by atoms with van der Waals surface area (Å²) >= 11 is 0. The summed E-state index contributed by atoms with van der Waals surface area (Å²) in [6.45, 7) is 5.89. The Morgan fingerprint density at radius 3 is 1.89 bits per heavy atom. The van der Waals surface area contributed by atoms with Crippen LogP contribution in [0.4, 0.5) is 0 Å². The van der Waals surface area contributed by atoms with E-state index in [9.17, 15) is 5.11 Å². The average molecular weight is 131 g/mol. The minimum absolute atomic E-state index is 0.113. The van der Waals surface area contributed by atoms with Gasteiger partial charge in [-0.2, -0.15) is 0 Å². The number of nitrogens with two attached hydrogens (primary N) is 1. The Hall–Kier alpha value is -0.0800. The topological polar surface area (TPSA) is 46.2 Å². The van der Waals surface area contributed by atoms with Crippen molar-refractivity contribution < 1.29 is 5.11 Å². The first-order chi connectivity index (χ1) is 4.04. The first-order valence-corrected chi connectivity index (χ1v) is 3.47. The van der Waals surface area contributed by atoms with Crippen molar-refractivity contribution in [2.45, 2.75) is 39.3 Å². The van der Waals surface area contributed by atoms with Gasteiger partial charge in [-0.3, -0.25) is 0 Å². The van der Waals surface area contributed by atoms with Gasteiger partial charge in [-0.15, -0.1) is 0 Å². The third-order valence-corrected chi connectivity index (χ3v) is 1.38. The van der Waals surface area contributed by atoms with Crippen molar-refractivity contribution in [3.8, 4) is 0 Å². The summed E-state index contributed by atoms with van der Waals surface area (Å²) in [6.07, 6.45) is 0.475. The fraction of sp³-hybridized carbons (Fsp3) is 1.00. The average Bonchev–Trinajstić information content (AvgIpc) is 1.63. The maximum atomic E-state index is 9.22. The highest BCUT2D eigenvalue weighted by Gasteiger charge is 2.10. The second-order valence-electron chi connectivity index (χ2n) is 3.02. The fourth-order valence-corrected chi connectivity index (χ4v) is 0.653. The van der Waals surface area contributed by atoms with Gasteiger partial charge in [0.25, 0.3) is 0 Å². The molecule has 0 aliphatic carbocycles. The molecule has 2 unspecified atom stereocenters. The highest BCUT2D eigenvalue weighted by atomic mass is 16.3. The Labute approximate surface area is 57.1 Å². The van der Waals surface area contributed by atoms with Crippen LogP contribution in [0.5, 0.6) is 0 Å². The van der Waals surface area contributed by atoms with Crippen LogP contribution < -0.4 is 5.73 Å². The molecular formula is C7H17NO. The standard InChI is InChI=1S/C7H17NO/c1-5(2)7(9)4-6(3)8/h5-7,9H,4,8H2,1-3H3. The Kier molecular flexibility index (Phi) is 3.82.